The molecule has 0 radical (unpaired) electrons. The van der Waals surface area contributed by atoms with E-state index in [0.29, 0.717) is 0 Å². The molecule has 0 fully saturated rings. The lowest BCUT2D eigenvalue weighted by Gasteiger charge is -2.05. The second-order valence-corrected chi connectivity index (χ2v) is 2.05. The molecule has 0 aliphatic rings. The topological polar surface area (TPSA) is 57.5 Å². The highest BCUT2D eigenvalue weighted by Gasteiger charge is 2.08. The molecular weight excluding hydrogens is 120 g/mol. The van der Waals surface area contributed by atoms with Crippen molar-refractivity contribution in [3.05, 3.63) is 0 Å². The summed E-state index contributed by atoms with van der Waals surface area (Å²) in [4.78, 5) is 10.0. The number of carboxylic acid groups (broad SMARTS) is 1. The molecule has 3 heteroatoms. The van der Waals surface area contributed by atoms with Crippen LogP contribution < -0.4 is 0 Å². The Morgan fingerprint density at radius 1 is 1.67 bits per heavy atom. The van der Waals surface area contributed by atoms with Crippen molar-refractivity contribution in [1.82, 2.24) is 0 Å². The molecule has 9 heavy (non-hydrogen) atoms. The molecule has 0 bridgehead atoms. The fourth-order valence-electron chi connectivity index (χ4n) is 0.585. The fourth-order valence-corrected chi connectivity index (χ4v) is 0.585. The summed E-state index contributed by atoms with van der Waals surface area (Å²) in [5.41, 5.74) is 0. The Kier molecular flexibility index (Phi) is 4.05. The zero-order chi connectivity index (χ0) is 7.28. The van der Waals surface area contributed by atoms with Crippen LogP contribution >= 0.6 is 0 Å². The van der Waals surface area contributed by atoms with Crippen molar-refractivity contribution in [2.45, 2.75) is 19.8 Å². The predicted molar refractivity (Wildman–Crippen MR) is 33.1 cm³/mol. The molecule has 0 saturated carbocycles. The molecule has 3 nitrogen and oxygen atoms in total. The van der Waals surface area contributed by atoms with Crippen molar-refractivity contribution in [2.75, 3.05) is 6.61 Å². The van der Waals surface area contributed by atoms with Crippen LogP contribution in [0.15, 0.2) is 0 Å². The van der Waals surface area contributed by atoms with E-state index < -0.39 is 5.97 Å². The summed E-state index contributed by atoms with van der Waals surface area (Å²) in [5.74, 6) is -0.904. The molecule has 2 N–H and O–H groups in total. The van der Waals surface area contributed by atoms with Gasteiger partial charge in [-0.15, -0.1) is 0 Å². The molecule has 0 unspecified atom stereocenters. The van der Waals surface area contributed by atoms with Gasteiger partial charge in [0.25, 0.3) is 0 Å². The van der Waals surface area contributed by atoms with Crippen molar-refractivity contribution < 1.29 is 15.0 Å². The van der Waals surface area contributed by atoms with Crippen LogP contribution in [0, 0.1) is 5.92 Å². The third-order valence-electron chi connectivity index (χ3n) is 1.30. The van der Waals surface area contributed by atoms with Gasteiger partial charge in [-0.05, 0) is 5.92 Å². The summed E-state index contributed by atoms with van der Waals surface area (Å²) in [5, 5.41) is 16.7. The zero-order valence-electron chi connectivity index (χ0n) is 5.50. The highest BCUT2D eigenvalue weighted by Crippen LogP contribution is 2.05. The highest BCUT2D eigenvalue weighted by molar-refractivity contribution is 5.66. The average Bonchev–Trinajstić information content (AvgIpc) is 1.82. The zero-order valence-corrected chi connectivity index (χ0v) is 5.50. The summed E-state index contributed by atoms with van der Waals surface area (Å²) >= 11 is 0. The number of rotatable bonds is 4. The number of carboxylic acids is 1. The monoisotopic (exact) mass is 132 g/mol. The number of aliphatic carboxylic acids is 1. The van der Waals surface area contributed by atoms with Crippen molar-refractivity contribution in [1.29, 1.82) is 0 Å². The van der Waals surface area contributed by atoms with Gasteiger partial charge in [0, 0.05) is 6.61 Å². The molecule has 0 aromatic rings. The van der Waals surface area contributed by atoms with Crippen molar-refractivity contribution in [3.8, 4) is 0 Å². The molecule has 0 aromatic carbocycles. The third-order valence-corrected chi connectivity index (χ3v) is 1.30. The van der Waals surface area contributed by atoms with Gasteiger partial charge in [-0.1, -0.05) is 13.3 Å². The second kappa shape index (κ2) is 4.32. The molecule has 0 aliphatic carbocycles. The van der Waals surface area contributed by atoms with E-state index in [2.05, 4.69) is 0 Å². The highest BCUT2D eigenvalue weighted by atomic mass is 16.4. The van der Waals surface area contributed by atoms with Gasteiger partial charge in [0.1, 0.15) is 0 Å². The summed E-state index contributed by atoms with van der Waals surface area (Å²) in [7, 11) is 0. The SMILES string of the molecule is CC[C@H](CO)CC(=O)O. The first-order valence-corrected chi connectivity index (χ1v) is 3.03. The van der Waals surface area contributed by atoms with Gasteiger partial charge in [-0.3, -0.25) is 4.79 Å². The smallest absolute Gasteiger partial charge is 0.303 e. The number of aliphatic hydroxyl groups is 1. The molecule has 0 saturated heterocycles. The summed E-state index contributed by atoms with van der Waals surface area (Å²) in [6.45, 7) is 1.84. The Bertz CT molecular complexity index is 86.3. The molecule has 1 atom stereocenters. The maximum atomic E-state index is 10.0. The van der Waals surface area contributed by atoms with Gasteiger partial charge in [-0.2, -0.15) is 0 Å². The molecule has 0 rings (SSSR count). The van der Waals surface area contributed by atoms with Crippen LogP contribution in [-0.2, 0) is 4.79 Å². The predicted octanol–water partition coefficient (Wildman–Crippen LogP) is 0.480. The maximum Gasteiger partial charge on any atom is 0.303 e. The van der Waals surface area contributed by atoms with Gasteiger partial charge < -0.3 is 10.2 Å². The minimum absolute atomic E-state index is 0.0250. The van der Waals surface area contributed by atoms with Gasteiger partial charge in [0.2, 0.25) is 0 Å². The maximum absolute atomic E-state index is 10.0. The Morgan fingerprint density at radius 3 is 2.33 bits per heavy atom. The van der Waals surface area contributed by atoms with E-state index in [0.717, 1.165) is 6.42 Å². The van der Waals surface area contributed by atoms with Crippen LogP contribution in [0.1, 0.15) is 19.8 Å². The van der Waals surface area contributed by atoms with Gasteiger partial charge >= 0.3 is 5.97 Å². The molecule has 0 aliphatic heterocycles. The molecule has 0 amide bonds. The lowest BCUT2D eigenvalue weighted by Crippen LogP contribution is -2.10. The first-order chi connectivity index (χ1) is 4.20. The minimum atomic E-state index is -0.837. The Hall–Kier alpha value is -0.570. The number of hydrogen-bond acceptors (Lipinski definition) is 2. The standard InChI is InChI=1S/C6H12O3/c1-2-5(4-7)3-6(8)9/h5,7H,2-4H2,1H3,(H,8,9)/t5-/m0/s1. The lowest BCUT2D eigenvalue weighted by atomic mass is 10.0. The quantitative estimate of drug-likeness (QED) is 0.585. The average molecular weight is 132 g/mol. The summed E-state index contributed by atoms with van der Waals surface area (Å²) < 4.78 is 0. The molecule has 54 valence electrons. The summed E-state index contributed by atoms with van der Waals surface area (Å²) in [6.07, 6.45) is 0.801. The number of carbonyl (C=O) groups is 1. The number of aliphatic hydroxyl groups excluding tert-OH is 1. The van der Waals surface area contributed by atoms with Crippen LogP contribution in [-0.4, -0.2) is 22.8 Å². The van der Waals surface area contributed by atoms with Crippen LogP contribution in [0.5, 0.6) is 0 Å². The van der Waals surface area contributed by atoms with E-state index in [1.807, 2.05) is 6.92 Å². The first-order valence-electron chi connectivity index (χ1n) is 3.03. The van der Waals surface area contributed by atoms with Gasteiger partial charge in [-0.25, -0.2) is 0 Å². The van der Waals surface area contributed by atoms with Crippen molar-refractivity contribution in [2.24, 2.45) is 5.92 Å². The van der Waals surface area contributed by atoms with Crippen molar-refractivity contribution >= 4 is 5.97 Å². The largest absolute Gasteiger partial charge is 0.481 e. The number of hydrogen-bond donors (Lipinski definition) is 2. The Labute approximate surface area is 54.3 Å². The lowest BCUT2D eigenvalue weighted by molar-refractivity contribution is -0.138. The van der Waals surface area contributed by atoms with Crippen LogP contribution in [0.3, 0.4) is 0 Å². The normalized spacial score (nSPS) is 13.1. The molecule has 0 spiro atoms. The van der Waals surface area contributed by atoms with E-state index in [9.17, 15) is 4.79 Å². The molecule has 0 aromatic heterocycles. The van der Waals surface area contributed by atoms with E-state index in [1.54, 1.807) is 0 Å². The fraction of sp³-hybridized carbons (Fsp3) is 0.833. The molecular formula is C6H12O3. The van der Waals surface area contributed by atoms with Crippen LogP contribution in [0.4, 0.5) is 0 Å². The van der Waals surface area contributed by atoms with Gasteiger partial charge in [0.15, 0.2) is 0 Å². The van der Waals surface area contributed by atoms with E-state index >= 15 is 0 Å². The Balaban J connectivity index is 3.43. The Morgan fingerprint density at radius 2 is 2.22 bits per heavy atom. The van der Waals surface area contributed by atoms with E-state index in [1.165, 1.54) is 0 Å². The van der Waals surface area contributed by atoms with E-state index in [-0.39, 0.29) is 18.9 Å². The first kappa shape index (κ1) is 8.43. The van der Waals surface area contributed by atoms with Crippen LogP contribution in [0.25, 0.3) is 0 Å². The van der Waals surface area contributed by atoms with Gasteiger partial charge in [0.05, 0.1) is 6.42 Å². The van der Waals surface area contributed by atoms with E-state index in [4.69, 9.17) is 10.2 Å². The summed E-state index contributed by atoms with van der Waals surface area (Å²) in [6, 6.07) is 0. The van der Waals surface area contributed by atoms with Crippen molar-refractivity contribution in [3.63, 3.8) is 0 Å². The molecule has 0 heterocycles. The third kappa shape index (κ3) is 3.97. The second-order valence-electron chi connectivity index (χ2n) is 2.05. The minimum Gasteiger partial charge on any atom is -0.481 e. The van der Waals surface area contributed by atoms with Crippen LogP contribution in [0.2, 0.25) is 0 Å².